The van der Waals surface area contributed by atoms with Gasteiger partial charge in [0.25, 0.3) is 5.91 Å². The van der Waals surface area contributed by atoms with Crippen molar-refractivity contribution < 1.29 is 37.0 Å². The molecule has 1 aliphatic heterocycles. The number of carbonyl (C=O) groups is 3. The van der Waals surface area contributed by atoms with Gasteiger partial charge >= 0.3 is 11.9 Å². The average molecular weight is 628 g/mol. The van der Waals surface area contributed by atoms with E-state index in [1.165, 1.54) is 16.4 Å². The van der Waals surface area contributed by atoms with Gasteiger partial charge in [-0.1, -0.05) is 41.4 Å². The molecule has 2 heterocycles. The molecule has 4 rings (SSSR count). The van der Waals surface area contributed by atoms with E-state index in [4.69, 9.17) is 37.4 Å². The van der Waals surface area contributed by atoms with Crippen LogP contribution in [-0.4, -0.2) is 70.1 Å². The van der Waals surface area contributed by atoms with Gasteiger partial charge in [0.05, 0.1) is 30.4 Å². The van der Waals surface area contributed by atoms with Crippen LogP contribution >= 0.6 is 34.5 Å². The zero-order chi connectivity index (χ0) is 28.9. The lowest BCUT2D eigenvalue weighted by Gasteiger charge is -2.26. The maximum atomic E-state index is 13.0. The first kappa shape index (κ1) is 30.0. The van der Waals surface area contributed by atoms with Gasteiger partial charge in [0, 0.05) is 34.6 Å². The first-order chi connectivity index (χ1) is 19.1. The van der Waals surface area contributed by atoms with E-state index in [9.17, 15) is 22.8 Å². The highest BCUT2D eigenvalue weighted by molar-refractivity contribution is 7.89. The van der Waals surface area contributed by atoms with Crippen LogP contribution < -0.4 is 5.32 Å². The summed E-state index contributed by atoms with van der Waals surface area (Å²) in [5.74, 6) is -2.30. The minimum Gasteiger partial charge on any atom is -0.462 e. The van der Waals surface area contributed by atoms with E-state index in [0.29, 0.717) is 16.1 Å². The van der Waals surface area contributed by atoms with Crippen molar-refractivity contribution in [3.8, 4) is 11.1 Å². The summed E-state index contributed by atoms with van der Waals surface area (Å²) < 4.78 is 42.8. The number of amides is 1. The molecule has 0 bridgehead atoms. The highest BCUT2D eigenvalue weighted by atomic mass is 35.5. The fourth-order valence-corrected chi connectivity index (χ4v) is 6.98. The predicted octanol–water partition coefficient (Wildman–Crippen LogP) is 4.72. The Morgan fingerprint density at radius 2 is 1.73 bits per heavy atom. The van der Waals surface area contributed by atoms with Crippen LogP contribution in [0.4, 0.5) is 5.00 Å². The van der Waals surface area contributed by atoms with E-state index in [1.807, 2.05) is 0 Å². The third-order valence-corrected chi connectivity index (χ3v) is 9.38. The number of thiophene rings is 1. The van der Waals surface area contributed by atoms with E-state index in [2.05, 4.69) is 5.32 Å². The average Bonchev–Trinajstić information content (AvgIpc) is 3.35. The molecule has 3 aromatic rings. The summed E-state index contributed by atoms with van der Waals surface area (Å²) in [6, 6.07) is 10.6. The number of sulfonamides is 1. The molecular weight excluding hydrogens is 603 g/mol. The number of hydrogen-bond acceptors (Lipinski definition) is 9. The summed E-state index contributed by atoms with van der Waals surface area (Å²) in [6.45, 7) is 1.88. The number of anilines is 1. The standard InChI is InChI=1S/C26H24Cl2N2O8S2/c1-2-37-26(33)23-18(17-5-3-4-6-19(17)27)15-39-24(23)29-22(31)14-38-25(32)16-7-8-20(28)21(13-16)40(34,35)30-9-11-36-12-10-30/h3-8,13,15H,2,9-12,14H2,1H3,(H,29,31). The molecule has 1 N–H and O–H groups in total. The van der Waals surface area contributed by atoms with E-state index in [0.717, 1.165) is 17.4 Å². The smallest absolute Gasteiger partial charge is 0.341 e. The maximum Gasteiger partial charge on any atom is 0.341 e. The fourth-order valence-electron chi connectivity index (χ4n) is 3.86. The van der Waals surface area contributed by atoms with Crippen molar-refractivity contribution in [1.29, 1.82) is 0 Å². The number of carbonyl (C=O) groups excluding carboxylic acids is 3. The van der Waals surface area contributed by atoms with Gasteiger partial charge in [-0.15, -0.1) is 11.3 Å². The van der Waals surface area contributed by atoms with Crippen LogP contribution in [0.15, 0.2) is 52.7 Å². The monoisotopic (exact) mass is 626 g/mol. The van der Waals surface area contributed by atoms with Crippen LogP contribution in [0.3, 0.4) is 0 Å². The number of ether oxygens (including phenoxy) is 3. The Hall–Kier alpha value is -3.00. The maximum absolute atomic E-state index is 13.0. The molecule has 212 valence electrons. The molecule has 1 aliphatic rings. The molecule has 1 fully saturated rings. The van der Waals surface area contributed by atoms with Gasteiger partial charge in [0.2, 0.25) is 10.0 Å². The number of esters is 2. The van der Waals surface area contributed by atoms with Crippen molar-refractivity contribution in [2.24, 2.45) is 0 Å². The molecule has 10 nitrogen and oxygen atoms in total. The molecule has 2 aromatic carbocycles. The Labute approximate surface area is 244 Å². The van der Waals surface area contributed by atoms with Crippen molar-refractivity contribution in [1.82, 2.24) is 4.31 Å². The number of nitrogens with one attached hydrogen (secondary N) is 1. The molecule has 40 heavy (non-hydrogen) atoms. The number of hydrogen-bond donors (Lipinski definition) is 1. The van der Waals surface area contributed by atoms with E-state index in [-0.39, 0.29) is 59.0 Å². The first-order valence-corrected chi connectivity index (χ1v) is 15.1. The zero-order valence-corrected chi connectivity index (χ0v) is 24.3. The van der Waals surface area contributed by atoms with Crippen LogP contribution in [0.25, 0.3) is 11.1 Å². The predicted molar refractivity (Wildman–Crippen MR) is 151 cm³/mol. The number of benzene rings is 2. The van der Waals surface area contributed by atoms with Gasteiger partial charge in [-0.2, -0.15) is 4.31 Å². The molecule has 0 unspecified atom stereocenters. The Morgan fingerprint density at radius 1 is 1.00 bits per heavy atom. The number of rotatable bonds is 9. The van der Waals surface area contributed by atoms with Crippen molar-refractivity contribution in [3.63, 3.8) is 0 Å². The van der Waals surface area contributed by atoms with Gasteiger partial charge in [-0.25, -0.2) is 18.0 Å². The van der Waals surface area contributed by atoms with Crippen molar-refractivity contribution in [3.05, 3.63) is 69.0 Å². The molecular formula is C26H24Cl2N2O8S2. The van der Waals surface area contributed by atoms with Crippen molar-refractivity contribution >= 4 is 67.4 Å². The second-order valence-corrected chi connectivity index (χ2v) is 11.9. The molecule has 0 saturated carbocycles. The Morgan fingerprint density at radius 3 is 2.42 bits per heavy atom. The summed E-state index contributed by atoms with van der Waals surface area (Å²) in [7, 11) is -3.98. The molecule has 0 atom stereocenters. The SMILES string of the molecule is CCOC(=O)c1c(-c2ccccc2Cl)csc1NC(=O)COC(=O)c1ccc(Cl)c(S(=O)(=O)N2CCOCC2)c1. The minimum absolute atomic E-state index is 0.0562. The normalized spacial score (nSPS) is 14.0. The third-order valence-electron chi connectivity index (χ3n) is 5.78. The zero-order valence-electron chi connectivity index (χ0n) is 21.1. The summed E-state index contributed by atoms with van der Waals surface area (Å²) in [6.07, 6.45) is 0. The van der Waals surface area contributed by atoms with Crippen molar-refractivity contribution in [2.45, 2.75) is 11.8 Å². The molecule has 0 aliphatic carbocycles. The number of halogens is 2. The second-order valence-electron chi connectivity index (χ2n) is 8.34. The highest BCUT2D eigenvalue weighted by Gasteiger charge is 2.30. The van der Waals surface area contributed by atoms with Gasteiger partial charge in [0.15, 0.2) is 6.61 Å². The van der Waals surface area contributed by atoms with Crippen LogP contribution in [-0.2, 0) is 29.0 Å². The van der Waals surface area contributed by atoms with Gasteiger partial charge in [-0.05, 0) is 31.2 Å². The summed E-state index contributed by atoms with van der Waals surface area (Å²) in [5.41, 5.74) is 1.08. The van der Waals surface area contributed by atoms with Gasteiger partial charge in [0.1, 0.15) is 15.5 Å². The van der Waals surface area contributed by atoms with Gasteiger partial charge < -0.3 is 19.5 Å². The molecule has 1 amide bonds. The summed E-state index contributed by atoms with van der Waals surface area (Å²) in [5, 5.41) is 4.79. The van der Waals surface area contributed by atoms with Crippen LogP contribution in [0, 0.1) is 0 Å². The Kier molecular flexibility index (Phi) is 9.82. The summed E-state index contributed by atoms with van der Waals surface area (Å²) >= 11 is 13.5. The second kappa shape index (κ2) is 13.1. The lowest BCUT2D eigenvalue weighted by Crippen LogP contribution is -2.40. The molecule has 1 saturated heterocycles. The molecule has 1 aromatic heterocycles. The largest absolute Gasteiger partial charge is 0.462 e. The molecule has 14 heteroatoms. The van der Waals surface area contributed by atoms with Gasteiger partial charge in [-0.3, -0.25) is 4.79 Å². The molecule has 0 radical (unpaired) electrons. The summed E-state index contributed by atoms with van der Waals surface area (Å²) in [4.78, 5) is 37.9. The lowest BCUT2D eigenvalue weighted by molar-refractivity contribution is -0.119. The Bertz CT molecular complexity index is 1540. The van der Waals surface area contributed by atoms with Crippen LogP contribution in [0.5, 0.6) is 0 Å². The van der Waals surface area contributed by atoms with E-state index in [1.54, 1.807) is 36.6 Å². The van der Waals surface area contributed by atoms with Crippen molar-refractivity contribution in [2.75, 3.05) is 44.8 Å². The molecule has 0 spiro atoms. The first-order valence-electron chi connectivity index (χ1n) is 12.0. The topological polar surface area (TPSA) is 128 Å². The fraction of sp³-hybridized carbons (Fsp3) is 0.269. The van der Waals surface area contributed by atoms with E-state index < -0.39 is 34.5 Å². The highest BCUT2D eigenvalue weighted by Crippen LogP contribution is 2.39. The third kappa shape index (κ3) is 6.65. The van der Waals surface area contributed by atoms with Crippen LogP contribution in [0.2, 0.25) is 10.0 Å². The Balaban J connectivity index is 1.48. The number of morpholine rings is 1. The number of nitrogens with zero attached hydrogens (tertiary/aromatic N) is 1. The lowest BCUT2D eigenvalue weighted by atomic mass is 10.0. The van der Waals surface area contributed by atoms with Crippen LogP contribution in [0.1, 0.15) is 27.6 Å². The quantitative estimate of drug-likeness (QED) is 0.338. The van der Waals surface area contributed by atoms with E-state index >= 15 is 0 Å². The minimum atomic E-state index is -3.98.